The highest BCUT2D eigenvalue weighted by Gasteiger charge is 2.13. The molecule has 0 saturated carbocycles. The van der Waals surface area contributed by atoms with Gasteiger partial charge in [-0.1, -0.05) is 39.5 Å². The van der Waals surface area contributed by atoms with Gasteiger partial charge in [-0.05, 0) is 19.8 Å². The van der Waals surface area contributed by atoms with Gasteiger partial charge in [0.2, 0.25) is 5.91 Å². The molecule has 16 heavy (non-hydrogen) atoms. The van der Waals surface area contributed by atoms with Crippen LogP contribution in [0.1, 0.15) is 59.3 Å². The zero-order chi connectivity index (χ0) is 12.4. The van der Waals surface area contributed by atoms with Crippen LogP contribution < -0.4 is 5.73 Å². The molecule has 3 heteroatoms. The van der Waals surface area contributed by atoms with Gasteiger partial charge in [0, 0.05) is 12.5 Å². The quantitative estimate of drug-likeness (QED) is 0.586. The summed E-state index contributed by atoms with van der Waals surface area (Å²) in [5.74, 6) is -0.325. The molecule has 0 saturated heterocycles. The van der Waals surface area contributed by atoms with E-state index in [1.165, 1.54) is 25.7 Å². The standard InChI is InChI=1S/C13H27NO2/c1-4-5-6-7-8-9-16-12(3)10-11(2)13(14)15/h11-12H,4-10H2,1-3H3,(H2,14,15). The second-order valence-corrected chi connectivity index (χ2v) is 4.63. The predicted molar refractivity (Wildman–Crippen MR) is 67.1 cm³/mol. The number of nitrogens with two attached hydrogens (primary N) is 1. The Hall–Kier alpha value is -0.570. The molecule has 0 rings (SSSR count). The summed E-state index contributed by atoms with van der Waals surface area (Å²) in [5, 5.41) is 0. The van der Waals surface area contributed by atoms with Crippen molar-refractivity contribution < 1.29 is 9.53 Å². The Kier molecular flexibility index (Phi) is 9.30. The molecule has 0 bridgehead atoms. The SMILES string of the molecule is CCCCCCCOC(C)CC(C)C(N)=O. The van der Waals surface area contributed by atoms with Crippen molar-refractivity contribution in [2.45, 2.75) is 65.4 Å². The first kappa shape index (κ1) is 15.4. The van der Waals surface area contributed by atoms with Gasteiger partial charge < -0.3 is 10.5 Å². The summed E-state index contributed by atoms with van der Waals surface area (Å²) < 4.78 is 5.64. The molecule has 2 unspecified atom stereocenters. The summed E-state index contributed by atoms with van der Waals surface area (Å²) in [6.07, 6.45) is 7.10. The van der Waals surface area contributed by atoms with Crippen LogP contribution in [0.4, 0.5) is 0 Å². The maximum Gasteiger partial charge on any atom is 0.220 e. The number of ether oxygens (including phenoxy) is 1. The van der Waals surface area contributed by atoms with E-state index in [4.69, 9.17) is 10.5 Å². The number of carbonyl (C=O) groups is 1. The summed E-state index contributed by atoms with van der Waals surface area (Å²) in [6.45, 7) is 6.87. The third kappa shape index (κ3) is 8.72. The Morgan fingerprint density at radius 2 is 1.81 bits per heavy atom. The highest BCUT2D eigenvalue weighted by atomic mass is 16.5. The molecule has 0 heterocycles. The molecule has 0 aromatic rings. The fourth-order valence-electron chi connectivity index (χ4n) is 1.67. The van der Waals surface area contributed by atoms with Crippen LogP contribution in [-0.2, 0) is 9.53 Å². The second-order valence-electron chi connectivity index (χ2n) is 4.63. The minimum Gasteiger partial charge on any atom is -0.378 e. The maximum atomic E-state index is 10.8. The van der Waals surface area contributed by atoms with E-state index in [2.05, 4.69) is 6.92 Å². The molecule has 3 nitrogen and oxygen atoms in total. The number of primary amides is 1. The van der Waals surface area contributed by atoms with Crippen LogP contribution in [0.3, 0.4) is 0 Å². The summed E-state index contributed by atoms with van der Waals surface area (Å²) in [6, 6.07) is 0. The van der Waals surface area contributed by atoms with Crippen LogP contribution in [0.25, 0.3) is 0 Å². The fourth-order valence-corrected chi connectivity index (χ4v) is 1.67. The number of carbonyl (C=O) groups excluding carboxylic acids is 1. The first-order chi connectivity index (χ1) is 7.57. The zero-order valence-corrected chi connectivity index (χ0v) is 11.0. The van der Waals surface area contributed by atoms with Gasteiger partial charge in [0.1, 0.15) is 0 Å². The predicted octanol–water partition coefficient (Wildman–Crippen LogP) is 2.87. The summed E-state index contributed by atoms with van der Waals surface area (Å²) in [5.41, 5.74) is 5.20. The Morgan fingerprint density at radius 3 is 2.38 bits per heavy atom. The minimum atomic E-state index is -0.238. The molecular weight excluding hydrogens is 202 g/mol. The molecule has 0 fully saturated rings. The fraction of sp³-hybridized carbons (Fsp3) is 0.923. The summed E-state index contributed by atoms with van der Waals surface area (Å²) in [4.78, 5) is 10.8. The first-order valence-electron chi connectivity index (χ1n) is 6.48. The average Bonchev–Trinajstić information content (AvgIpc) is 2.23. The lowest BCUT2D eigenvalue weighted by Gasteiger charge is -2.15. The van der Waals surface area contributed by atoms with Crippen LogP contribution in [0, 0.1) is 5.92 Å². The van der Waals surface area contributed by atoms with E-state index in [0.717, 1.165) is 19.4 Å². The Labute approximate surface area is 99.7 Å². The van der Waals surface area contributed by atoms with Crippen molar-refractivity contribution in [3.05, 3.63) is 0 Å². The van der Waals surface area contributed by atoms with Gasteiger partial charge in [0.15, 0.2) is 0 Å². The minimum absolute atomic E-state index is 0.0879. The molecule has 0 aromatic heterocycles. The number of hydrogen-bond donors (Lipinski definition) is 1. The highest BCUT2D eigenvalue weighted by molar-refractivity contribution is 5.76. The molecule has 0 aromatic carbocycles. The van der Waals surface area contributed by atoms with E-state index in [0.29, 0.717) is 0 Å². The van der Waals surface area contributed by atoms with Gasteiger partial charge in [0.05, 0.1) is 6.10 Å². The lowest BCUT2D eigenvalue weighted by molar-refractivity contribution is -0.122. The first-order valence-corrected chi connectivity index (χ1v) is 6.48. The largest absolute Gasteiger partial charge is 0.378 e. The Balaban J connectivity index is 3.36. The van der Waals surface area contributed by atoms with Gasteiger partial charge in [-0.25, -0.2) is 0 Å². The van der Waals surface area contributed by atoms with E-state index < -0.39 is 0 Å². The Morgan fingerprint density at radius 1 is 1.19 bits per heavy atom. The van der Waals surface area contributed by atoms with Gasteiger partial charge in [-0.15, -0.1) is 0 Å². The molecule has 96 valence electrons. The van der Waals surface area contributed by atoms with Crippen molar-refractivity contribution in [2.24, 2.45) is 11.7 Å². The molecular formula is C13H27NO2. The molecule has 0 aliphatic heterocycles. The van der Waals surface area contributed by atoms with Gasteiger partial charge in [0.25, 0.3) is 0 Å². The lowest BCUT2D eigenvalue weighted by atomic mass is 10.0. The van der Waals surface area contributed by atoms with Crippen molar-refractivity contribution in [1.29, 1.82) is 0 Å². The number of hydrogen-bond acceptors (Lipinski definition) is 2. The zero-order valence-electron chi connectivity index (χ0n) is 11.0. The Bertz CT molecular complexity index is 183. The molecule has 0 aliphatic carbocycles. The van der Waals surface area contributed by atoms with Crippen LogP contribution in [-0.4, -0.2) is 18.6 Å². The smallest absolute Gasteiger partial charge is 0.220 e. The number of rotatable bonds is 10. The average molecular weight is 229 g/mol. The normalized spacial score (nSPS) is 14.7. The van der Waals surface area contributed by atoms with Crippen LogP contribution >= 0.6 is 0 Å². The topological polar surface area (TPSA) is 52.3 Å². The van der Waals surface area contributed by atoms with E-state index in [1.807, 2.05) is 13.8 Å². The van der Waals surface area contributed by atoms with Crippen molar-refractivity contribution in [1.82, 2.24) is 0 Å². The van der Waals surface area contributed by atoms with Crippen LogP contribution in [0.2, 0.25) is 0 Å². The molecule has 1 amide bonds. The molecule has 2 atom stereocenters. The molecule has 0 spiro atoms. The van der Waals surface area contributed by atoms with Gasteiger partial charge >= 0.3 is 0 Å². The summed E-state index contributed by atoms with van der Waals surface area (Å²) >= 11 is 0. The van der Waals surface area contributed by atoms with Crippen LogP contribution in [0.5, 0.6) is 0 Å². The van der Waals surface area contributed by atoms with Gasteiger partial charge in [-0.2, -0.15) is 0 Å². The number of amides is 1. The van der Waals surface area contributed by atoms with Crippen molar-refractivity contribution >= 4 is 5.91 Å². The third-order valence-corrected chi connectivity index (χ3v) is 2.82. The van der Waals surface area contributed by atoms with Crippen molar-refractivity contribution in [2.75, 3.05) is 6.61 Å². The second kappa shape index (κ2) is 9.64. The lowest BCUT2D eigenvalue weighted by Crippen LogP contribution is -2.25. The van der Waals surface area contributed by atoms with Gasteiger partial charge in [-0.3, -0.25) is 4.79 Å². The van der Waals surface area contributed by atoms with E-state index >= 15 is 0 Å². The molecule has 2 N–H and O–H groups in total. The monoisotopic (exact) mass is 229 g/mol. The maximum absolute atomic E-state index is 10.8. The molecule has 0 aliphatic rings. The van der Waals surface area contributed by atoms with E-state index in [1.54, 1.807) is 0 Å². The van der Waals surface area contributed by atoms with Crippen molar-refractivity contribution in [3.63, 3.8) is 0 Å². The van der Waals surface area contributed by atoms with E-state index in [-0.39, 0.29) is 17.9 Å². The van der Waals surface area contributed by atoms with Crippen LogP contribution in [0.15, 0.2) is 0 Å². The molecule has 0 radical (unpaired) electrons. The number of unbranched alkanes of at least 4 members (excludes halogenated alkanes) is 4. The van der Waals surface area contributed by atoms with E-state index in [9.17, 15) is 4.79 Å². The third-order valence-electron chi connectivity index (χ3n) is 2.82. The summed E-state index contributed by atoms with van der Waals surface area (Å²) in [7, 11) is 0. The van der Waals surface area contributed by atoms with Crippen molar-refractivity contribution in [3.8, 4) is 0 Å². The highest BCUT2D eigenvalue weighted by Crippen LogP contribution is 2.09.